The maximum absolute atomic E-state index is 5.88. The number of hydrogen-bond donors (Lipinski definition) is 0. The number of rotatable bonds is 8. The Hall–Kier alpha value is 0.265. The van der Waals surface area contributed by atoms with Crippen LogP contribution in [0.4, 0.5) is 0 Å². The second kappa shape index (κ2) is 15.2. The summed E-state index contributed by atoms with van der Waals surface area (Å²) < 4.78 is 17.7. The van der Waals surface area contributed by atoms with E-state index >= 15 is 0 Å². The van der Waals surface area contributed by atoms with Crippen LogP contribution < -0.4 is 0 Å². The second-order valence-corrected chi connectivity index (χ2v) is 6.80. The molecule has 5 heteroatoms. The molecule has 0 saturated carbocycles. The first-order chi connectivity index (χ1) is 8.20. The molecule has 3 nitrogen and oxygen atoms in total. The zero-order valence-corrected chi connectivity index (χ0v) is 17.9. The van der Waals surface area contributed by atoms with Gasteiger partial charge in [0.1, 0.15) is 0 Å². The van der Waals surface area contributed by atoms with Crippen LogP contribution in [0.3, 0.4) is 0 Å². The van der Waals surface area contributed by atoms with Gasteiger partial charge < -0.3 is 35.6 Å². The Kier molecular flexibility index (Phi) is 21.2. The Labute approximate surface area is 148 Å². The first-order valence-corrected chi connectivity index (χ1v) is 8.19. The van der Waals surface area contributed by atoms with Crippen molar-refractivity contribution >= 4 is 8.80 Å². The molecule has 128 valence electrons. The van der Waals surface area contributed by atoms with E-state index in [2.05, 4.69) is 25.2 Å². The molecular weight excluding hydrogens is 463 g/mol. The van der Waals surface area contributed by atoms with Crippen LogP contribution in [-0.4, -0.2) is 28.6 Å². The van der Waals surface area contributed by atoms with Gasteiger partial charge in [-0.3, -0.25) is 6.08 Å². The molecule has 0 saturated heterocycles. The van der Waals surface area contributed by atoms with Gasteiger partial charge >= 0.3 is 29.9 Å². The number of allylic oxidation sites excluding steroid dienone is 4. The van der Waals surface area contributed by atoms with Crippen LogP contribution >= 0.6 is 0 Å². The van der Waals surface area contributed by atoms with Crippen molar-refractivity contribution in [3.63, 3.8) is 0 Å². The summed E-state index contributed by atoms with van der Waals surface area (Å²) in [7, 11) is -2.61. The SMILES string of the molecule is CCO[Si](OCC)(OCC)C(C)C1=[C-]CC=C1.[CH3-].[CH3-].[CH3-].[Pt+4]. The maximum Gasteiger partial charge on any atom is 4.00 e. The van der Waals surface area contributed by atoms with Gasteiger partial charge in [-0.1, -0.05) is 6.92 Å². The Bertz CT molecular complexity index is 276. The fourth-order valence-corrected chi connectivity index (χ4v) is 4.80. The minimum absolute atomic E-state index is 0. The molecular formula is C16H32O3PtSi. The van der Waals surface area contributed by atoms with E-state index in [4.69, 9.17) is 13.3 Å². The molecule has 1 aliphatic rings. The van der Waals surface area contributed by atoms with Gasteiger partial charge in [0.25, 0.3) is 0 Å². The summed E-state index contributed by atoms with van der Waals surface area (Å²) in [5.41, 5.74) is 1.31. The molecule has 0 radical (unpaired) electrons. The fraction of sp³-hybridized carbons (Fsp3) is 0.562. The summed E-state index contributed by atoms with van der Waals surface area (Å²) >= 11 is 0. The van der Waals surface area contributed by atoms with E-state index in [1.54, 1.807) is 0 Å². The van der Waals surface area contributed by atoms with Crippen molar-refractivity contribution in [3.05, 3.63) is 46.1 Å². The van der Waals surface area contributed by atoms with Crippen molar-refractivity contribution in [1.29, 1.82) is 0 Å². The predicted octanol–water partition coefficient (Wildman–Crippen LogP) is 4.46. The summed E-state index contributed by atoms with van der Waals surface area (Å²) in [6.45, 7) is 9.92. The van der Waals surface area contributed by atoms with Crippen molar-refractivity contribution in [2.45, 2.75) is 39.7 Å². The van der Waals surface area contributed by atoms with Gasteiger partial charge in [-0.25, -0.2) is 11.6 Å². The van der Waals surface area contributed by atoms with E-state index in [1.165, 1.54) is 0 Å². The quantitative estimate of drug-likeness (QED) is 0.368. The van der Waals surface area contributed by atoms with E-state index < -0.39 is 8.80 Å². The van der Waals surface area contributed by atoms with E-state index in [0.29, 0.717) is 19.8 Å². The average molecular weight is 496 g/mol. The van der Waals surface area contributed by atoms with Gasteiger partial charge in [0.2, 0.25) is 0 Å². The summed E-state index contributed by atoms with van der Waals surface area (Å²) in [6, 6.07) is 0. The summed E-state index contributed by atoms with van der Waals surface area (Å²) in [5.74, 6) is 0. The molecule has 0 aromatic heterocycles. The predicted molar refractivity (Wildman–Crippen MR) is 89.8 cm³/mol. The third-order valence-corrected chi connectivity index (χ3v) is 6.20. The molecule has 0 fully saturated rings. The van der Waals surface area contributed by atoms with Crippen molar-refractivity contribution in [3.8, 4) is 0 Å². The Morgan fingerprint density at radius 3 is 1.76 bits per heavy atom. The van der Waals surface area contributed by atoms with Crippen molar-refractivity contribution in [2.75, 3.05) is 19.8 Å². The van der Waals surface area contributed by atoms with E-state index in [-0.39, 0.29) is 48.9 Å². The van der Waals surface area contributed by atoms with Gasteiger partial charge in [-0.2, -0.15) is 6.08 Å². The minimum Gasteiger partial charge on any atom is -0.373 e. The smallest absolute Gasteiger partial charge is 0.373 e. The summed E-state index contributed by atoms with van der Waals surface area (Å²) in [5, 5.41) is 0. The molecule has 1 aliphatic carbocycles. The third-order valence-electron chi connectivity index (χ3n) is 2.75. The second-order valence-electron chi connectivity index (χ2n) is 3.86. The molecule has 0 aliphatic heterocycles. The molecule has 0 aromatic carbocycles. The van der Waals surface area contributed by atoms with Crippen LogP contribution in [0.2, 0.25) is 5.54 Å². The Morgan fingerprint density at radius 1 is 1.05 bits per heavy atom. The van der Waals surface area contributed by atoms with Gasteiger partial charge in [0, 0.05) is 25.4 Å². The topological polar surface area (TPSA) is 27.7 Å². The molecule has 0 spiro atoms. The molecule has 1 unspecified atom stereocenters. The van der Waals surface area contributed by atoms with Crippen molar-refractivity contribution < 1.29 is 34.3 Å². The first kappa shape index (κ1) is 29.3. The van der Waals surface area contributed by atoms with Crippen LogP contribution in [0, 0.1) is 28.4 Å². The van der Waals surface area contributed by atoms with Crippen LogP contribution in [-0.2, 0) is 34.3 Å². The van der Waals surface area contributed by atoms with Gasteiger partial charge in [-0.05, 0) is 20.8 Å². The van der Waals surface area contributed by atoms with Crippen LogP contribution in [0.25, 0.3) is 0 Å². The standard InChI is InChI=1S/C13H23O3Si.3CH3.Pt/c1-5-14-17(15-6-2,16-7-3)12(4)13-10-8-9-11-13;;;;/h8,10,12H,5-7,9H2,1-4H3;3*1H3;/q4*-1;+4. The number of hydrogen-bond acceptors (Lipinski definition) is 3. The van der Waals surface area contributed by atoms with Gasteiger partial charge in [0.05, 0.1) is 0 Å². The van der Waals surface area contributed by atoms with Crippen molar-refractivity contribution in [1.82, 2.24) is 0 Å². The minimum atomic E-state index is -2.61. The largest absolute Gasteiger partial charge is 4.00 e. The van der Waals surface area contributed by atoms with Crippen LogP contribution in [0.15, 0.2) is 17.7 Å². The summed E-state index contributed by atoms with van der Waals surface area (Å²) in [4.78, 5) is 0. The monoisotopic (exact) mass is 495 g/mol. The third kappa shape index (κ3) is 7.89. The molecule has 1 rings (SSSR count). The molecule has 0 bridgehead atoms. The van der Waals surface area contributed by atoms with Gasteiger partial charge in [0.15, 0.2) is 0 Å². The summed E-state index contributed by atoms with van der Waals surface area (Å²) in [6.07, 6.45) is 8.43. The van der Waals surface area contributed by atoms with Crippen molar-refractivity contribution in [2.24, 2.45) is 0 Å². The zero-order valence-electron chi connectivity index (χ0n) is 14.6. The molecule has 0 heterocycles. The molecule has 1 atom stereocenters. The average Bonchev–Trinajstić information content (AvgIpc) is 2.82. The van der Waals surface area contributed by atoms with E-state index in [9.17, 15) is 0 Å². The van der Waals surface area contributed by atoms with E-state index in [0.717, 1.165) is 12.0 Å². The maximum atomic E-state index is 5.88. The molecule has 0 aromatic rings. The first-order valence-electron chi connectivity index (χ1n) is 6.39. The molecule has 0 amide bonds. The van der Waals surface area contributed by atoms with Crippen LogP contribution in [0.5, 0.6) is 0 Å². The Balaban J connectivity index is -0.000000361. The van der Waals surface area contributed by atoms with Gasteiger partial charge in [-0.15, -0.1) is 6.42 Å². The van der Waals surface area contributed by atoms with E-state index in [1.807, 2.05) is 20.8 Å². The zero-order chi connectivity index (χ0) is 12.7. The Morgan fingerprint density at radius 2 is 1.48 bits per heavy atom. The van der Waals surface area contributed by atoms with Crippen LogP contribution in [0.1, 0.15) is 34.1 Å². The molecule has 21 heavy (non-hydrogen) atoms. The normalized spacial score (nSPS) is 14.0. The molecule has 0 N–H and O–H groups in total. The fourth-order valence-electron chi connectivity index (χ4n) is 2.01.